The summed E-state index contributed by atoms with van der Waals surface area (Å²) in [5, 5.41) is 8.75. The van der Waals surface area contributed by atoms with Crippen LogP contribution in [0.25, 0.3) is 6.08 Å². The van der Waals surface area contributed by atoms with Crippen LogP contribution in [0, 0.1) is 0 Å². The molecule has 150 valence electrons. The van der Waals surface area contributed by atoms with E-state index in [-0.39, 0.29) is 5.91 Å². The van der Waals surface area contributed by atoms with Crippen molar-refractivity contribution in [1.29, 1.82) is 0 Å². The van der Waals surface area contributed by atoms with Crippen molar-refractivity contribution in [3.05, 3.63) is 64.6 Å². The molecule has 1 saturated heterocycles. The molecule has 1 fully saturated rings. The second-order valence-electron chi connectivity index (χ2n) is 6.16. The molecular formula is C21H19NO5S2. The summed E-state index contributed by atoms with van der Waals surface area (Å²) in [6.07, 6.45) is 2.47. The fraction of sp³-hybridized carbons (Fsp3) is 0.190. The quantitative estimate of drug-likeness (QED) is 0.507. The zero-order valence-electron chi connectivity index (χ0n) is 15.7. The topological polar surface area (TPSA) is 76.1 Å². The predicted molar refractivity (Wildman–Crippen MR) is 116 cm³/mol. The summed E-state index contributed by atoms with van der Waals surface area (Å²) < 4.78 is 11.0. The van der Waals surface area contributed by atoms with Gasteiger partial charge < -0.3 is 14.6 Å². The number of hydrogen-bond acceptors (Lipinski definition) is 6. The lowest BCUT2D eigenvalue weighted by Crippen LogP contribution is -2.30. The molecule has 0 bridgehead atoms. The van der Waals surface area contributed by atoms with E-state index in [2.05, 4.69) is 0 Å². The van der Waals surface area contributed by atoms with Crippen LogP contribution in [0.5, 0.6) is 11.5 Å². The number of amides is 1. The SMILES string of the molecule is COc1cc(/C=C2/SC(=S)N(CCc3ccccc3)C2=O)ccc1OCC(=O)O. The second-order valence-corrected chi connectivity index (χ2v) is 7.84. The van der Waals surface area contributed by atoms with Crippen molar-refractivity contribution in [2.24, 2.45) is 0 Å². The summed E-state index contributed by atoms with van der Waals surface area (Å²) >= 11 is 6.64. The minimum absolute atomic E-state index is 0.124. The zero-order chi connectivity index (χ0) is 20.8. The number of nitrogens with zero attached hydrogens (tertiary/aromatic N) is 1. The number of carbonyl (C=O) groups excluding carboxylic acids is 1. The second kappa shape index (κ2) is 9.58. The highest BCUT2D eigenvalue weighted by molar-refractivity contribution is 8.26. The highest BCUT2D eigenvalue weighted by atomic mass is 32.2. The molecule has 1 aliphatic rings. The number of carboxylic acids is 1. The molecule has 8 heteroatoms. The van der Waals surface area contributed by atoms with Crippen molar-refractivity contribution in [2.45, 2.75) is 6.42 Å². The van der Waals surface area contributed by atoms with E-state index in [1.165, 1.54) is 18.9 Å². The van der Waals surface area contributed by atoms with Crippen LogP contribution >= 0.6 is 24.0 Å². The van der Waals surface area contributed by atoms with Crippen molar-refractivity contribution in [3.63, 3.8) is 0 Å². The summed E-state index contributed by atoms with van der Waals surface area (Å²) in [6, 6.07) is 15.0. The number of ether oxygens (including phenoxy) is 2. The van der Waals surface area contributed by atoms with E-state index in [1.807, 2.05) is 30.3 Å². The first-order valence-corrected chi connectivity index (χ1v) is 10.0. The lowest BCUT2D eigenvalue weighted by Gasteiger charge is -2.14. The Labute approximate surface area is 178 Å². The van der Waals surface area contributed by atoms with E-state index < -0.39 is 12.6 Å². The molecule has 0 spiro atoms. The molecule has 1 heterocycles. The molecule has 2 aromatic carbocycles. The largest absolute Gasteiger partial charge is 0.493 e. The Balaban J connectivity index is 1.72. The number of hydrogen-bond donors (Lipinski definition) is 1. The first kappa shape index (κ1) is 20.9. The van der Waals surface area contributed by atoms with Crippen LogP contribution in [0.2, 0.25) is 0 Å². The van der Waals surface area contributed by atoms with E-state index in [4.69, 9.17) is 26.8 Å². The van der Waals surface area contributed by atoms with Crippen molar-refractivity contribution in [1.82, 2.24) is 4.90 Å². The van der Waals surface area contributed by atoms with E-state index in [0.29, 0.717) is 27.3 Å². The van der Waals surface area contributed by atoms with Gasteiger partial charge >= 0.3 is 5.97 Å². The summed E-state index contributed by atoms with van der Waals surface area (Å²) in [6.45, 7) is 0.0626. The molecule has 1 N–H and O–H groups in total. The third kappa shape index (κ3) is 5.36. The molecule has 2 aromatic rings. The van der Waals surface area contributed by atoms with Crippen molar-refractivity contribution in [2.75, 3.05) is 20.3 Å². The first-order chi connectivity index (χ1) is 14.0. The van der Waals surface area contributed by atoms with Gasteiger partial charge in [-0.3, -0.25) is 9.69 Å². The summed E-state index contributed by atoms with van der Waals surface area (Å²) in [4.78, 5) is 25.6. The van der Waals surface area contributed by atoms with Gasteiger partial charge in [-0.25, -0.2) is 4.79 Å². The van der Waals surface area contributed by atoms with Crippen LogP contribution in [0.4, 0.5) is 0 Å². The van der Waals surface area contributed by atoms with Crippen LogP contribution < -0.4 is 9.47 Å². The van der Waals surface area contributed by atoms with Gasteiger partial charge in [-0.2, -0.15) is 0 Å². The van der Waals surface area contributed by atoms with Crippen LogP contribution in [0.1, 0.15) is 11.1 Å². The standard InChI is InChI=1S/C21H19NO5S2/c1-26-17-11-15(7-8-16(17)27-13-19(23)24)12-18-20(25)22(21(28)29-18)10-9-14-5-3-2-4-6-14/h2-8,11-12H,9-10,13H2,1H3,(H,23,24)/b18-12+. The maximum absolute atomic E-state index is 12.8. The Kier molecular flexibility index (Phi) is 6.90. The van der Waals surface area contributed by atoms with Gasteiger partial charge in [-0.05, 0) is 35.8 Å². The van der Waals surface area contributed by atoms with E-state index in [9.17, 15) is 9.59 Å². The average Bonchev–Trinajstić information content (AvgIpc) is 2.98. The van der Waals surface area contributed by atoms with Crippen LogP contribution in [-0.2, 0) is 16.0 Å². The zero-order valence-corrected chi connectivity index (χ0v) is 17.3. The normalized spacial score (nSPS) is 15.1. The van der Waals surface area contributed by atoms with Crippen molar-refractivity contribution >= 4 is 46.3 Å². The number of thioether (sulfide) groups is 1. The van der Waals surface area contributed by atoms with E-state index >= 15 is 0 Å². The fourth-order valence-electron chi connectivity index (χ4n) is 2.76. The first-order valence-electron chi connectivity index (χ1n) is 8.80. The third-order valence-electron chi connectivity index (χ3n) is 4.18. The van der Waals surface area contributed by atoms with E-state index in [0.717, 1.165) is 17.5 Å². The third-order valence-corrected chi connectivity index (χ3v) is 5.55. The lowest BCUT2D eigenvalue weighted by atomic mass is 10.1. The summed E-state index contributed by atoms with van der Waals surface area (Å²) in [5.74, 6) is -0.488. The van der Waals surface area contributed by atoms with Gasteiger partial charge in [0, 0.05) is 6.54 Å². The highest BCUT2D eigenvalue weighted by Crippen LogP contribution is 2.34. The predicted octanol–water partition coefficient (Wildman–Crippen LogP) is 3.60. The van der Waals surface area contributed by atoms with Crippen molar-refractivity contribution in [3.8, 4) is 11.5 Å². The number of rotatable bonds is 8. The molecule has 0 aromatic heterocycles. The Morgan fingerprint density at radius 3 is 2.66 bits per heavy atom. The summed E-state index contributed by atoms with van der Waals surface area (Å²) in [7, 11) is 1.47. The van der Waals surface area contributed by atoms with Gasteiger partial charge in [-0.1, -0.05) is 60.4 Å². The molecule has 3 rings (SSSR count). The van der Waals surface area contributed by atoms with Gasteiger partial charge in [0.15, 0.2) is 18.1 Å². The number of benzene rings is 2. The fourth-order valence-corrected chi connectivity index (χ4v) is 4.07. The molecular weight excluding hydrogens is 410 g/mol. The number of methoxy groups -OCH3 is 1. The molecule has 0 saturated carbocycles. The Hall–Kier alpha value is -2.84. The molecule has 0 radical (unpaired) electrons. The Morgan fingerprint density at radius 2 is 1.97 bits per heavy atom. The molecule has 6 nitrogen and oxygen atoms in total. The monoisotopic (exact) mass is 429 g/mol. The maximum Gasteiger partial charge on any atom is 0.341 e. The molecule has 29 heavy (non-hydrogen) atoms. The number of carboxylic acid groups (broad SMARTS) is 1. The molecule has 1 aliphatic heterocycles. The van der Waals surface area contributed by atoms with Gasteiger partial charge in [0.05, 0.1) is 12.0 Å². The van der Waals surface area contributed by atoms with Crippen LogP contribution in [0.3, 0.4) is 0 Å². The Bertz CT molecular complexity index is 959. The van der Waals surface area contributed by atoms with Crippen molar-refractivity contribution < 1.29 is 24.2 Å². The average molecular weight is 430 g/mol. The summed E-state index contributed by atoms with van der Waals surface area (Å²) in [5.41, 5.74) is 1.88. The van der Waals surface area contributed by atoms with Crippen LogP contribution in [0.15, 0.2) is 53.4 Å². The molecule has 0 atom stereocenters. The van der Waals surface area contributed by atoms with Gasteiger partial charge in [-0.15, -0.1) is 0 Å². The minimum Gasteiger partial charge on any atom is -0.493 e. The Morgan fingerprint density at radius 1 is 1.21 bits per heavy atom. The minimum atomic E-state index is -1.07. The van der Waals surface area contributed by atoms with Crippen LogP contribution in [-0.4, -0.2) is 46.5 Å². The molecule has 0 unspecified atom stereocenters. The van der Waals surface area contributed by atoms with Gasteiger partial charge in [0.2, 0.25) is 0 Å². The number of thiocarbonyl (C=S) groups is 1. The lowest BCUT2D eigenvalue weighted by molar-refractivity contribution is -0.139. The van der Waals surface area contributed by atoms with E-state index in [1.54, 1.807) is 29.2 Å². The maximum atomic E-state index is 12.8. The highest BCUT2D eigenvalue weighted by Gasteiger charge is 2.31. The smallest absolute Gasteiger partial charge is 0.341 e. The molecule has 1 amide bonds. The molecule has 0 aliphatic carbocycles. The van der Waals surface area contributed by atoms with Gasteiger partial charge in [0.25, 0.3) is 5.91 Å². The number of aliphatic carboxylic acids is 1. The van der Waals surface area contributed by atoms with Gasteiger partial charge in [0.1, 0.15) is 4.32 Å². The number of carbonyl (C=O) groups is 2.